The Labute approximate surface area is 240 Å². The number of nitrogens with zero attached hydrogens (tertiary/aromatic N) is 2. The highest BCUT2D eigenvalue weighted by Gasteiger charge is 2.25. The Bertz CT molecular complexity index is 1340. The molecule has 204 valence electrons. The summed E-state index contributed by atoms with van der Waals surface area (Å²) in [6.07, 6.45) is 0.0578. The molecular formula is C29H29BrClFN4O3. The van der Waals surface area contributed by atoms with E-state index >= 15 is 0 Å². The number of nitrogens with one attached hydrogen (secondary N) is 2. The molecule has 1 aliphatic rings. The molecule has 2 N–H and O–H groups in total. The van der Waals surface area contributed by atoms with Gasteiger partial charge in [0.25, 0.3) is 0 Å². The number of rotatable bonds is 7. The van der Waals surface area contributed by atoms with Crippen LogP contribution in [0.2, 0.25) is 5.02 Å². The second-order valence-electron chi connectivity index (χ2n) is 9.26. The van der Waals surface area contributed by atoms with E-state index in [0.29, 0.717) is 36.2 Å². The van der Waals surface area contributed by atoms with Crippen LogP contribution in [0.15, 0.2) is 71.2 Å². The molecule has 0 radical (unpaired) electrons. The van der Waals surface area contributed by atoms with Crippen molar-refractivity contribution >= 4 is 50.9 Å². The van der Waals surface area contributed by atoms with Crippen molar-refractivity contribution in [2.75, 3.05) is 31.1 Å². The molecule has 7 nitrogen and oxygen atoms in total. The maximum Gasteiger partial charge on any atom is 0.309 e. The van der Waals surface area contributed by atoms with Crippen LogP contribution in [0.1, 0.15) is 29.7 Å². The molecular weight excluding hydrogens is 587 g/mol. The first-order valence-electron chi connectivity index (χ1n) is 12.6. The van der Waals surface area contributed by atoms with Crippen LogP contribution in [-0.4, -0.2) is 48.8 Å². The van der Waals surface area contributed by atoms with Gasteiger partial charge < -0.3 is 20.4 Å². The number of carbonyl (C=O) groups excluding carboxylic acids is 3. The maximum absolute atomic E-state index is 14.6. The standard InChI is InChI=1S/C29H29BrClFN4O3/c1-19(37)35-13-15-36(16-14-35)27-12-5-2-7-20(27)18-33-28(38)29(39)34-26(21-8-3-4-9-23(21)30)17-22-24(31)10-6-11-25(22)32/h2-12,26H,13-18H2,1H3,(H,33,38)(H,34,39). The van der Waals surface area contributed by atoms with Gasteiger partial charge in [-0.1, -0.05) is 70.0 Å². The lowest BCUT2D eigenvalue weighted by molar-refractivity contribution is -0.139. The van der Waals surface area contributed by atoms with E-state index in [1.165, 1.54) is 12.1 Å². The molecule has 4 rings (SSSR count). The van der Waals surface area contributed by atoms with Gasteiger partial charge in [-0.25, -0.2) is 4.39 Å². The van der Waals surface area contributed by atoms with Crippen LogP contribution in [0.4, 0.5) is 10.1 Å². The predicted octanol–water partition coefficient (Wildman–Crippen LogP) is 4.63. The summed E-state index contributed by atoms with van der Waals surface area (Å²) in [5.74, 6) is -2.07. The van der Waals surface area contributed by atoms with E-state index in [-0.39, 0.29) is 29.5 Å². The van der Waals surface area contributed by atoms with Crippen LogP contribution in [0.3, 0.4) is 0 Å². The Morgan fingerprint density at radius 2 is 1.64 bits per heavy atom. The minimum absolute atomic E-state index is 0.0549. The zero-order chi connectivity index (χ0) is 27.9. The molecule has 1 atom stereocenters. The number of amides is 3. The SMILES string of the molecule is CC(=O)N1CCN(c2ccccc2CNC(=O)C(=O)NC(Cc2c(F)cccc2Cl)c2ccccc2Br)CC1. The smallest absolute Gasteiger partial charge is 0.309 e. The molecule has 1 saturated heterocycles. The van der Waals surface area contributed by atoms with Crippen molar-refractivity contribution in [2.24, 2.45) is 0 Å². The van der Waals surface area contributed by atoms with E-state index < -0.39 is 23.7 Å². The van der Waals surface area contributed by atoms with Crippen molar-refractivity contribution in [3.8, 4) is 0 Å². The summed E-state index contributed by atoms with van der Waals surface area (Å²) >= 11 is 9.74. The number of para-hydroxylation sites is 1. The number of hydrogen-bond acceptors (Lipinski definition) is 4. The molecule has 0 aromatic heterocycles. The van der Waals surface area contributed by atoms with Gasteiger partial charge in [0.05, 0.1) is 6.04 Å². The third-order valence-corrected chi connectivity index (χ3v) is 7.84. The lowest BCUT2D eigenvalue weighted by Gasteiger charge is -2.36. The predicted molar refractivity (Wildman–Crippen MR) is 153 cm³/mol. The molecule has 1 heterocycles. The fraction of sp³-hybridized carbons (Fsp3) is 0.276. The third-order valence-electron chi connectivity index (χ3n) is 6.76. The Kier molecular flexibility index (Phi) is 9.59. The van der Waals surface area contributed by atoms with Crippen LogP contribution in [-0.2, 0) is 27.3 Å². The third kappa shape index (κ3) is 7.16. The van der Waals surface area contributed by atoms with Crippen LogP contribution < -0.4 is 15.5 Å². The average Bonchev–Trinajstić information content (AvgIpc) is 2.93. The van der Waals surface area contributed by atoms with Gasteiger partial charge in [-0.05, 0) is 35.4 Å². The molecule has 3 aromatic rings. The minimum atomic E-state index is -0.837. The van der Waals surface area contributed by atoms with Crippen molar-refractivity contribution in [1.29, 1.82) is 0 Å². The van der Waals surface area contributed by atoms with E-state index in [1.807, 2.05) is 36.4 Å². The van der Waals surface area contributed by atoms with Gasteiger partial charge in [0.2, 0.25) is 5.91 Å². The number of anilines is 1. The van der Waals surface area contributed by atoms with E-state index in [4.69, 9.17) is 11.6 Å². The van der Waals surface area contributed by atoms with Gasteiger partial charge in [-0.15, -0.1) is 0 Å². The molecule has 0 spiro atoms. The molecule has 1 unspecified atom stereocenters. The molecule has 3 aromatic carbocycles. The highest BCUT2D eigenvalue weighted by Crippen LogP contribution is 2.30. The fourth-order valence-electron chi connectivity index (χ4n) is 4.64. The number of piperazine rings is 1. The Morgan fingerprint density at radius 1 is 0.949 bits per heavy atom. The molecule has 1 aliphatic heterocycles. The largest absolute Gasteiger partial charge is 0.368 e. The van der Waals surface area contributed by atoms with Gasteiger partial charge in [-0.3, -0.25) is 14.4 Å². The van der Waals surface area contributed by atoms with Crippen LogP contribution >= 0.6 is 27.5 Å². The van der Waals surface area contributed by atoms with E-state index in [1.54, 1.807) is 30.0 Å². The normalized spacial score (nSPS) is 14.1. The second-order valence-corrected chi connectivity index (χ2v) is 10.5. The van der Waals surface area contributed by atoms with Gasteiger partial charge in [-0.2, -0.15) is 0 Å². The summed E-state index contributed by atoms with van der Waals surface area (Å²) in [4.78, 5) is 41.5. The quantitative estimate of drug-likeness (QED) is 0.380. The van der Waals surface area contributed by atoms with Crippen molar-refractivity contribution in [2.45, 2.75) is 25.9 Å². The molecule has 1 fully saturated rings. The van der Waals surface area contributed by atoms with Gasteiger partial charge >= 0.3 is 11.8 Å². The lowest BCUT2D eigenvalue weighted by Crippen LogP contribution is -2.48. The maximum atomic E-state index is 14.6. The summed E-state index contributed by atoms with van der Waals surface area (Å²) in [7, 11) is 0. The Hall–Kier alpha value is -3.43. The topological polar surface area (TPSA) is 81.8 Å². The monoisotopic (exact) mass is 614 g/mol. The molecule has 0 saturated carbocycles. The van der Waals surface area contributed by atoms with Crippen molar-refractivity contribution in [1.82, 2.24) is 15.5 Å². The first-order chi connectivity index (χ1) is 18.7. The molecule has 0 aliphatic carbocycles. The lowest BCUT2D eigenvalue weighted by atomic mass is 9.98. The van der Waals surface area contributed by atoms with Gasteiger partial charge in [0.15, 0.2) is 0 Å². The summed E-state index contributed by atoms with van der Waals surface area (Å²) in [5.41, 5.74) is 2.74. The van der Waals surface area contributed by atoms with E-state index in [0.717, 1.165) is 11.3 Å². The summed E-state index contributed by atoms with van der Waals surface area (Å²) in [5, 5.41) is 5.70. The molecule has 3 amide bonds. The Balaban J connectivity index is 1.45. The average molecular weight is 616 g/mol. The minimum Gasteiger partial charge on any atom is -0.368 e. The summed E-state index contributed by atoms with van der Waals surface area (Å²) < 4.78 is 15.3. The Morgan fingerprint density at radius 3 is 2.33 bits per heavy atom. The van der Waals surface area contributed by atoms with Gasteiger partial charge in [0.1, 0.15) is 5.82 Å². The van der Waals surface area contributed by atoms with Crippen LogP contribution in [0.5, 0.6) is 0 Å². The number of halogens is 3. The highest BCUT2D eigenvalue weighted by molar-refractivity contribution is 9.10. The van der Waals surface area contributed by atoms with Gasteiger partial charge in [0, 0.05) is 66.8 Å². The van der Waals surface area contributed by atoms with E-state index in [2.05, 4.69) is 31.5 Å². The number of benzene rings is 3. The number of hydrogen-bond donors (Lipinski definition) is 2. The highest BCUT2D eigenvalue weighted by atomic mass is 79.9. The first-order valence-corrected chi connectivity index (χ1v) is 13.8. The zero-order valence-electron chi connectivity index (χ0n) is 21.4. The molecule has 0 bridgehead atoms. The van der Waals surface area contributed by atoms with Crippen molar-refractivity contribution in [3.63, 3.8) is 0 Å². The molecule has 10 heteroatoms. The first kappa shape index (κ1) is 28.6. The van der Waals surface area contributed by atoms with Crippen molar-refractivity contribution < 1.29 is 18.8 Å². The molecule has 39 heavy (non-hydrogen) atoms. The van der Waals surface area contributed by atoms with Crippen LogP contribution in [0.25, 0.3) is 0 Å². The van der Waals surface area contributed by atoms with Crippen molar-refractivity contribution in [3.05, 3.63) is 98.7 Å². The number of carbonyl (C=O) groups is 3. The van der Waals surface area contributed by atoms with E-state index in [9.17, 15) is 18.8 Å². The summed E-state index contributed by atoms with van der Waals surface area (Å²) in [6.45, 7) is 4.32. The van der Waals surface area contributed by atoms with Crippen LogP contribution in [0, 0.1) is 5.82 Å². The fourth-order valence-corrected chi connectivity index (χ4v) is 5.44. The second kappa shape index (κ2) is 13.1. The zero-order valence-corrected chi connectivity index (χ0v) is 23.8. The summed E-state index contributed by atoms with van der Waals surface area (Å²) in [6, 6.07) is 18.6.